The van der Waals surface area contributed by atoms with E-state index in [1.165, 1.54) is 20.7 Å². The summed E-state index contributed by atoms with van der Waals surface area (Å²) in [6.07, 6.45) is 0. The van der Waals surface area contributed by atoms with E-state index in [0.29, 0.717) is 0 Å². The third kappa shape index (κ3) is 8.01. The van der Waals surface area contributed by atoms with Gasteiger partial charge in [0.2, 0.25) is 33.3 Å². The molecule has 4 aromatic rings. The van der Waals surface area contributed by atoms with Crippen LogP contribution in [0.2, 0.25) is 52.4 Å². The van der Waals surface area contributed by atoms with Crippen molar-refractivity contribution in [1.29, 1.82) is 0 Å². The first-order valence-corrected chi connectivity index (χ1v) is 27.5. The first-order chi connectivity index (χ1) is 19.2. The van der Waals surface area contributed by atoms with E-state index >= 15 is 0 Å². The molecule has 0 radical (unpaired) electrons. The molecule has 0 N–H and O–H groups in total. The quantitative estimate of drug-likeness (QED) is 0.181. The van der Waals surface area contributed by atoms with Gasteiger partial charge >= 0.3 is 9.05 Å². The summed E-state index contributed by atoms with van der Waals surface area (Å²) in [5.74, 6) is 0. The van der Waals surface area contributed by atoms with Crippen LogP contribution in [-0.4, -0.2) is 42.3 Å². The molecule has 0 heterocycles. The highest BCUT2D eigenvalue weighted by atomic mass is 28.5. The van der Waals surface area contributed by atoms with Gasteiger partial charge in [0, 0.05) is 0 Å². The molecule has 0 saturated carbocycles. The largest absolute Gasteiger partial charge is 0.638 e. The van der Waals surface area contributed by atoms with Crippen LogP contribution in [0.3, 0.4) is 0 Å². The predicted octanol–water partition coefficient (Wildman–Crippen LogP) is 5.94. The van der Waals surface area contributed by atoms with Crippen LogP contribution in [0.5, 0.6) is 0 Å². The van der Waals surface area contributed by atoms with Crippen LogP contribution in [0.15, 0.2) is 121 Å². The summed E-state index contributed by atoms with van der Waals surface area (Å²) in [6.45, 7) is 17.8. The predicted molar refractivity (Wildman–Crippen MR) is 184 cm³/mol. The molecule has 41 heavy (non-hydrogen) atoms. The highest BCUT2D eigenvalue weighted by molar-refractivity contribution is 7.00. The van der Waals surface area contributed by atoms with Gasteiger partial charge in [-0.1, -0.05) is 121 Å². The molecule has 0 aliphatic rings. The summed E-state index contributed by atoms with van der Waals surface area (Å²) < 4.78 is 29.6. The Morgan fingerprint density at radius 2 is 0.463 bits per heavy atom. The number of rotatable bonds is 12. The second kappa shape index (κ2) is 12.6. The Kier molecular flexibility index (Phi) is 9.74. The number of benzene rings is 4. The molecular weight excluding hydrogens is 589 g/mol. The third-order valence-electron chi connectivity index (χ3n) is 7.40. The SMILES string of the molecule is C[Si](C)(O[Si](O[Si](C)(C)c1ccccc1)(O[Si](C)(C)c1ccccc1)O[Si](C)(C)c1ccccc1)c1ccccc1. The molecule has 0 aliphatic carbocycles. The summed E-state index contributed by atoms with van der Waals surface area (Å²) in [7, 11) is -14.1. The van der Waals surface area contributed by atoms with Gasteiger partial charge in [-0.2, -0.15) is 0 Å². The fourth-order valence-corrected chi connectivity index (χ4v) is 24.1. The Bertz CT molecular complexity index is 1160. The molecular formula is C32H44O4Si5. The van der Waals surface area contributed by atoms with Crippen LogP contribution in [-0.2, 0) is 16.5 Å². The van der Waals surface area contributed by atoms with Crippen LogP contribution in [0, 0.1) is 0 Å². The van der Waals surface area contributed by atoms with Crippen molar-refractivity contribution >= 4 is 63.1 Å². The highest BCUT2D eigenvalue weighted by Gasteiger charge is 2.59. The van der Waals surface area contributed by atoms with Crippen molar-refractivity contribution in [2.24, 2.45) is 0 Å². The van der Waals surface area contributed by atoms with Gasteiger partial charge in [-0.05, 0) is 73.1 Å². The van der Waals surface area contributed by atoms with E-state index in [1.54, 1.807) is 0 Å². The zero-order valence-corrected chi connectivity index (χ0v) is 30.7. The summed E-state index contributed by atoms with van der Waals surface area (Å²) in [6, 6.07) is 42.1. The molecule has 0 saturated heterocycles. The van der Waals surface area contributed by atoms with E-state index in [2.05, 4.69) is 149 Å². The number of hydrogen-bond acceptors (Lipinski definition) is 4. The molecule has 4 aromatic carbocycles. The van der Waals surface area contributed by atoms with E-state index in [-0.39, 0.29) is 0 Å². The number of hydrogen-bond donors (Lipinski definition) is 0. The monoisotopic (exact) mass is 632 g/mol. The fourth-order valence-electron chi connectivity index (χ4n) is 4.97. The molecule has 4 rings (SSSR count). The van der Waals surface area contributed by atoms with E-state index in [1.807, 2.05) is 24.3 Å². The highest BCUT2D eigenvalue weighted by Crippen LogP contribution is 2.30. The molecule has 0 bridgehead atoms. The van der Waals surface area contributed by atoms with Crippen molar-refractivity contribution in [3.8, 4) is 0 Å². The lowest BCUT2D eigenvalue weighted by Crippen LogP contribution is -2.72. The summed E-state index contributed by atoms with van der Waals surface area (Å²) in [4.78, 5) is 0. The molecule has 0 fully saturated rings. The van der Waals surface area contributed by atoms with Crippen molar-refractivity contribution in [3.63, 3.8) is 0 Å². The second-order valence-corrected chi connectivity index (χ2v) is 31.1. The maximum atomic E-state index is 7.40. The van der Waals surface area contributed by atoms with E-state index < -0.39 is 42.3 Å². The Labute approximate surface area is 252 Å². The third-order valence-corrected chi connectivity index (χ3v) is 26.5. The van der Waals surface area contributed by atoms with E-state index in [0.717, 1.165) is 0 Å². The standard InChI is InChI=1S/C32H44O4Si5/c1-37(2,29-21-13-9-14-22-29)33-41(34-38(3,4)30-23-15-10-16-24-30,35-39(5,6)31-25-17-11-18-26-31)36-40(7,8)32-27-19-12-20-28-32/h9-28H,1-8H3. The zero-order chi connectivity index (χ0) is 29.8. The minimum atomic E-state index is -3.82. The molecule has 0 aromatic heterocycles. The Balaban J connectivity index is 1.90. The Hall–Kier alpha value is -2.20. The molecule has 0 amide bonds. The topological polar surface area (TPSA) is 36.9 Å². The minimum absolute atomic E-state index is 1.19. The van der Waals surface area contributed by atoms with Gasteiger partial charge in [-0.25, -0.2) is 0 Å². The first-order valence-electron chi connectivity index (χ1n) is 14.3. The van der Waals surface area contributed by atoms with E-state index in [9.17, 15) is 0 Å². The maximum absolute atomic E-state index is 7.40. The average Bonchev–Trinajstić information content (AvgIpc) is 2.94. The van der Waals surface area contributed by atoms with Crippen molar-refractivity contribution in [2.45, 2.75) is 52.4 Å². The molecule has 0 atom stereocenters. The van der Waals surface area contributed by atoms with Crippen LogP contribution in [0.1, 0.15) is 0 Å². The van der Waals surface area contributed by atoms with Crippen molar-refractivity contribution in [3.05, 3.63) is 121 Å². The van der Waals surface area contributed by atoms with Crippen molar-refractivity contribution < 1.29 is 16.5 Å². The first kappa shape index (κ1) is 31.7. The lowest BCUT2D eigenvalue weighted by Gasteiger charge is -2.46. The zero-order valence-electron chi connectivity index (χ0n) is 25.7. The van der Waals surface area contributed by atoms with Gasteiger partial charge in [-0.15, -0.1) is 0 Å². The summed E-state index contributed by atoms with van der Waals surface area (Å²) in [5, 5.41) is 4.74. The Morgan fingerprint density at radius 1 is 0.293 bits per heavy atom. The summed E-state index contributed by atoms with van der Waals surface area (Å²) >= 11 is 0. The molecule has 0 unspecified atom stereocenters. The Morgan fingerprint density at radius 3 is 0.634 bits per heavy atom. The van der Waals surface area contributed by atoms with Crippen molar-refractivity contribution in [2.75, 3.05) is 0 Å². The van der Waals surface area contributed by atoms with Crippen LogP contribution >= 0.6 is 0 Å². The van der Waals surface area contributed by atoms with Gasteiger partial charge in [0.15, 0.2) is 0 Å². The summed E-state index contributed by atoms with van der Waals surface area (Å²) in [5.41, 5.74) is 0. The van der Waals surface area contributed by atoms with Crippen LogP contribution < -0.4 is 20.7 Å². The fraction of sp³-hybridized carbons (Fsp3) is 0.250. The normalized spacial score (nSPS) is 13.3. The minimum Gasteiger partial charge on any atom is -0.391 e. The molecule has 9 heteroatoms. The molecule has 216 valence electrons. The molecule has 0 aliphatic heterocycles. The smallest absolute Gasteiger partial charge is 0.391 e. The molecule has 4 nitrogen and oxygen atoms in total. The van der Waals surface area contributed by atoms with Crippen LogP contribution in [0.25, 0.3) is 0 Å². The van der Waals surface area contributed by atoms with Crippen molar-refractivity contribution in [1.82, 2.24) is 0 Å². The van der Waals surface area contributed by atoms with Gasteiger partial charge in [-0.3, -0.25) is 0 Å². The lowest BCUT2D eigenvalue weighted by molar-refractivity contribution is 0.153. The lowest BCUT2D eigenvalue weighted by atomic mass is 10.4. The van der Waals surface area contributed by atoms with Gasteiger partial charge in [0.1, 0.15) is 0 Å². The van der Waals surface area contributed by atoms with Gasteiger partial charge in [0.05, 0.1) is 0 Å². The maximum Gasteiger partial charge on any atom is 0.638 e. The van der Waals surface area contributed by atoms with Gasteiger partial charge < -0.3 is 16.5 Å². The van der Waals surface area contributed by atoms with E-state index in [4.69, 9.17) is 16.5 Å². The second-order valence-electron chi connectivity index (χ2n) is 12.4. The van der Waals surface area contributed by atoms with Gasteiger partial charge in [0.25, 0.3) is 0 Å². The average molecular weight is 633 g/mol. The molecule has 0 spiro atoms. The van der Waals surface area contributed by atoms with Crippen LogP contribution in [0.4, 0.5) is 0 Å².